The highest BCUT2D eigenvalue weighted by atomic mass is 127. The van der Waals surface area contributed by atoms with Crippen LogP contribution in [0.5, 0.6) is 5.75 Å². The van der Waals surface area contributed by atoms with E-state index in [2.05, 4.69) is 26.4 Å². The fraction of sp³-hybridized carbons (Fsp3) is 0.462. The quantitative estimate of drug-likeness (QED) is 0.596. The van der Waals surface area contributed by atoms with E-state index in [1.54, 1.807) is 12.1 Å². The highest BCUT2D eigenvalue weighted by Crippen LogP contribution is 2.19. The first-order valence-corrected chi connectivity index (χ1v) is 6.88. The molecule has 0 spiro atoms. The average Bonchev–Trinajstić information content (AvgIpc) is 2.30. The van der Waals surface area contributed by atoms with Crippen molar-refractivity contribution in [2.45, 2.75) is 32.8 Å². The van der Waals surface area contributed by atoms with Crippen molar-refractivity contribution in [1.29, 1.82) is 0 Å². The van der Waals surface area contributed by atoms with Crippen LogP contribution < -0.4 is 8.27 Å². The lowest BCUT2D eigenvalue weighted by Crippen LogP contribution is -2.23. The maximum absolute atomic E-state index is 13.5. The van der Waals surface area contributed by atoms with Crippen LogP contribution >= 0.6 is 22.9 Å². The summed E-state index contributed by atoms with van der Waals surface area (Å²) >= 11 is 2.05. The van der Waals surface area contributed by atoms with Gasteiger partial charge in [-0.05, 0) is 44.0 Å². The van der Waals surface area contributed by atoms with Crippen molar-refractivity contribution in [3.63, 3.8) is 0 Å². The molecule has 0 saturated carbocycles. The van der Waals surface area contributed by atoms with Crippen molar-refractivity contribution in [3.8, 4) is 5.75 Å². The Kier molecular flexibility index (Phi) is 6.56. The summed E-state index contributed by atoms with van der Waals surface area (Å²) in [7, 11) is 0. The number of halogens is 2. The van der Waals surface area contributed by atoms with Gasteiger partial charge in [-0.1, -0.05) is 0 Å². The smallest absolute Gasteiger partial charge is 0.130 e. The zero-order valence-corrected chi connectivity index (χ0v) is 12.7. The van der Waals surface area contributed by atoms with E-state index >= 15 is 0 Å². The third-order valence-corrected chi connectivity index (χ3v) is 2.91. The average molecular weight is 365 g/mol. The van der Waals surface area contributed by atoms with E-state index in [0.29, 0.717) is 30.7 Å². The summed E-state index contributed by atoms with van der Waals surface area (Å²) in [6.45, 7) is 4.15. The van der Waals surface area contributed by atoms with Gasteiger partial charge in [-0.3, -0.25) is 3.53 Å². The summed E-state index contributed by atoms with van der Waals surface area (Å²) < 4.78 is 22.1. The molecule has 0 bridgehead atoms. The number of ketones is 1. The second-order valence-corrected chi connectivity index (χ2v) is 4.98. The zero-order chi connectivity index (χ0) is 13.5. The number of carbonyl (C=O) groups is 1. The number of ether oxygens (including phenoxy) is 1. The Bertz CT molecular complexity index is 412. The van der Waals surface area contributed by atoms with Gasteiger partial charge >= 0.3 is 0 Å². The Hall–Kier alpha value is -0.690. The molecule has 18 heavy (non-hydrogen) atoms. The van der Waals surface area contributed by atoms with Crippen molar-refractivity contribution in [2.24, 2.45) is 0 Å². The second-order valence-electron chi connectivity index (χ2n) is 4.22. The molecule has 1 unspecified atom stereocenters. The summed E-state index contributed by atoms with van der Waals surface area (Å²) in [6.07, 6.45) is 0.774. The number of aryl methyl sites for hydroxylation is 1. The van der Waals surface area contributed by atoms with Crippen molar-refractivity contribution in [2.75, 3.05) is 6.54 Å². The predicted molar refractivity (Wildman–Crippen MR) is 77.5 cm³/mol. The molecule has 1 atom stereocenters. The fourth-order valence-electron chi connectivity index (χ4n) is 1.51. The number of carbonyl (C=O) groups excluding carboxylic acids is 1. The predicted octanol–water partition coefficient (Wildman–Crippen LogP) is 3.05. The molecule has 0 aliphatic rings. The van der Waals surface area contributed by atoms with Crippen LogP contribution in [0.1, 0.15) is 25.8 Å². The van der Waals surface area contributed by atoms with E-state index in [1.807, 2.05) is 6.92 Å². The first kappa shape index (κ1) is 15.4. The third-order valence-electron chi connectivity index (χ3n) is 2.47. The summed E-state index contributed by atoms with van der Waals surface area (Å²) in [5.74, 6) is 0.403. The Morgan fingerprint density at radius 3 is 2.89 bits per heavy atom. The number of nitrogens with one attached hydrogen (secondary N) is 1. The van der Waals surface area contributed by atoms with Gasteiger partial charge in [0, 0.05) is 35.8 Å². The van der Waals surface area contributed by atoms with Crippen LogP contribution in [-0.4, -0.2) is 18.4 Å². The molecular formula is C13H17FINO2. The number of hydrogen-bond acceptors (Lipinski definition) is 3. The Labute approximate surface area is 121 Å². The van der Waals surface area contributed by atoms with Gasteiger partial charge in [-0.2, -0.15) is 0 Å². The van der Waals surface area contributed by atoms with Gasteiger partial charge in [0.25, 0.3) is 0 Å². The lowest BCUT2D eigenvalue weighted by Gasteiger charge is -2.14. The van der Waals surface area contributed by atoms with Crippen LogP contribution in [0.3, 0.4) is 0 Å². The van der Waals surface area contributed by atoms with Crippen molar-refractivity contribution in [3.05, 3.63) is 29.6 Å². The minimum absolute atomic E-state index is 0.00742. The number of benzene rings is 1. The van der Waals surface area contributed by atoms with E-state index in [0.717, 1.165) is 0 Å². The van der Waals surface area contributed by atoms with Gasteiger partial charge in [0.2, 0.25) is 0 Å². The summed E-state index contributed by atoms with van der Waals surface area (Å²) in [5, 5.41) is 0. The van der Waals surface area contributed by atoms with E-state index in [-0.39, 0.29) is 17.7 Å². The Morgan fingerprint density at radius 2 is 2.28 bits per heavy atom. The van der Waals surface area contributed by atoms with Gasteiger partial charge in [0.05, 0.1) is 0 Å². The standard InChI is InChI=1S/C13H17FINO2/c1-9(17)3-4-11-7-12(5-6-13(11)14)18-10(2)8-16-15/h5-7,10,16H,3-4,8H2,1-2H3. The monoisotopic (exact) mass is 365 g/mol. The number of Topliss-reactive ketones (excluding diaryl/α,β-unsaturated/α-hetero) is 1. The molecule has 0 fully saturated rings. The molecule has 0 saturated heterocycles. The topological polar surface area (TPSA) is 38.3 Å². The largest absolute Gasteiger partial charge is 0.489 e. The molecule has 0 radical (unpaired) electrons. The van der Waals surface area contributed by atoms with Crippen molar-refractivity contribution < 1.29 is 13.9 Å². The van der Waals surface area contributed by atoms with Crippen LogP contribution in [0.25, 0.3) is 0 Å². The maximum Gasteiger partial charge on any atom is 0.130 e. The minimum Gasteiger partial charge on any atom is -0.489 e. The molecular weight excluding hydrogens is 348 g/mol. The van der Waals surface area contributed by atoms with E-state index in [4.69, 9.17) is 4.74 Å². The van der Waals surface area contributed by atoms with Crippen molar-refractivity contribution in [1.82, 2.24) is 3.53 Å². The molecule has 0 aromatic heterocycles. The molecule has 0 aliphatic heterocycles. The zero-order valence-electron chi connectivity index (χ0n) is 10.5. The van der Waals surface area contributed by atoms with E-state index in [9.17, 15) is 9.18 Å². The maximum atomic E-state index is 13.5. The van der Waals surface area contributed by atoms with Gasteiger partial charge in [0.1, 0.15) is 23.5 Å². The van der Waals surface area contributed by atoms with Gasteiger partial charge in [-0.25, -0.2) is 4.39 Å². The summed E-state index contributed by atoms with van der Waals surface area (Å²) in [5.41, 5.74) is 0.525. The van der Waals surface area contributed by atoms with Crippen LogP contribution in [0.2, 0.25) is 0 Å². The fourth-order valence-corrected chi connectivity index (χ4v) is 2.13. The molecule has 100 valence electrons. The first-order chi connectivity index (χ1) is 8.52. The Morgan fingerprint density at radius 1 is 1.56 bits per heavy atom. The number of rotatable bonds is 7. The van der Waals surface area contributed by atoms with Crippen LogP contribution in [-0.2, 0) is 11.2 Å². The molecule has 0 aliphatic carbocycles. The van der Waals surface area contributed by atoms with E-state index in [1.165, 1.54) is 13.0 Å². The first-order valence-electron chi connectivity index (χ1n) is 5.81. The molecule has 5 heteroatoms. The highest BCUT2D eigenvalue weighted by Gasteiger charge is 2.08. The van der Waals surface area contributed by atoms with Gasteiger partial charge < -0.3 is 9.53 Å². The van der Waals surface area contributed by atoms with Crippen LogP contribution in [0, 0.1) is 5.82 Å². The molecule has 0 heterocycles. The molecule has 1 N–H and O–H groups in total. The normalized spacial score (nSPS) is 12.2. The second kappa shape index (κ2) is 7.68. The summed E-state index contributed by atoms with van der Waals surface area (Å²) in [4.78, 5) is 10.9. The lowest BCUT2D eigenvalue weighted by atomic mass is 10.1. The minimum atomic E-state index is -0.289. The third kappa shape index (κ3) is 5.30. The highest BCUT2D eigenvalue weighted by molar-refractivity contribution is 14.1. The van der Waals surface area contributed by atoms with Crippen LogP contribution in [0.15, 0.2) is 18.2 Å². The van der Waals surface area contributed by atoms with Gasteiger partial charge in [-0.15, -0.1) is 0 Å². The SMILES string of the molecule is CC(=O)CCc1cc(OC(C)CNI)ccc1F. The number of hydrogen-bond donors (Lipinski definition) is 1. The van der Waals surface area contributed by atoms with E-state index < -0.39 is 0 Å². The van der Waals surface area contributed by atoms with Crippen LogP contribution in [0.4, 0.5) is 4.39 Å². The lowest BCUT2D eigenvalue weighted by molar-refractivity contribution is -0.116. The molecule has 3 nitrogen and oxygen atoms in total. The van der Waals surface area contributed by atoms with Crippen molar-refractivity contribution >= 4 is 28.6 Å². The Balaban J connectivity index is 2.70. The molecule has 1 aromatic carbocycles. The molecule has 0 amide bonds. The molecule has 1 rings (SSSR count). The van der Waals surface area contributed by atoms with Gasteiger partial charge in [0.15, 0.2) is 0 Å². The summed E-state index contributed by atoms with van der Waals surface area (Å²) in [6, 6.07) is 4.66. The molecule has 1 aromatic rings.